The van der Waals surface area contributed by atoms with Gasteiger partial charge >= 0.3 is 7.75 Å². The van der Waals surface area contributed by atoms with Gasteiger partial charge in [-0.25, -0.2) is 19.5 Å². The highest BCUT2D eigenvalue weighted by molar-refractivity contribution is 7.51. The zero-order chi connectivity index (χ0) is 28.8. The zero-order valence-electron chi connectivity index (χ0n) is 22.4. The number of allylic oxidation sites excluding steroid dienone is 1. The minimum absolute atomic E-state index is 0.0963. The van der Waals surface area contributed by atoms with E-state index in [0.717, 1.165) is 5.56 Å². The molecule has 2 aromatic heterocycles. The van der Waals surface area contributed by atoms with E-state index < -0.39 is 26.3 Å². The van der Waals surface area contributed by atoms with E-state index in [1.807, 2.05) is 53.1 Å². The van der Waals surface area contributed by atoms with Crippen LogP contribution in [0.1, 0.15) is 25.0 Å². The predicted molar refractivity (Wildman–Crippen MR) is 148 cm³/mol. The van der Waals surface area contributed by atoms with Crippen molar-refractivity contribution >= 4 is 30.6 Å². The number of hydrogen-bond donors (Lipinski definition) is 4. The van der Waals surface area contributed by atoms with Gasteiger partial charge in [0.1, 0.15) is 17.9 Å². The smallest absolute Gasteiger partial charge is 0.382 e. The summed E-state index contributed by atoms with van der Waals surface area (Å²) in [6, 6.07) is 16.8. The van der Waals surface area contributed by atoms with Crippen LogP contribution in [-0.4, -0.2) is 43.0 Å². The lowest BCUT2D eigenvalue weighted by Gasteiger charge is -2.21. The summed E-state index contributed by atoms with van der Waals surface area (Å²) >= 11 is 0. The van der Waals surface area contributed by atoms with Gasteiger partial charge in [0.2, 0.25) is 5.91 Å². The number of carbonyl (C=O) groups is 1. The number of hydroxylamine groups is 1. The maximum atomic E-state index is 13.1. The van der Waals surface area contributed by atoms with Gasteiger partial charge in [-0.15, -0.1) is 0 Å². The molecule has 5 N–H and O–H groups in total. The Kier molecular flexibility index (Phi) is 8.22. The topological polar surface area (TPSA) is 167 Å². The minimum Gasteiger partial charge on any atom is -0.382 e. The van der Waals surface area contributed by atoms with E-state index in [4.69, 9.17) is 16.5 Å². The van der Waals surface area contributed by atoms with E-state index in [-0.39, 0.29) is 30.8 Å². The van der Waals surface area contributed by atoms with Gasteiger partial charge < -0.3 is 15.2 Å². The second kappa shape index (κ2) is 12.5. The Morgan fingerprint density at radius 2 is 1.85 bits per heavy atom. The van der Waals surface area contributed by atoms with E-state index in [0.29, 0.717) is 23.1 Å². The summed E-state index contributed by atoms with van der Waals surface area (Å²) in [7, 11) is -4.52. The molecular formula is C27H30N7O5P. The van der Waals surface area contributed by atoms with Crippen LogP contribution in [0.15, 0.2) is 85.5 Å². The van der Waals surface area contributed by atoms with Gasteiger partial charge in [-0.05, 0) is 24.0 Å². The van der Waals surface area contributed by atoms with E-state index in [1.165, 1.54) is 6.33 Å². The van der Waals surface area contributed by atoms with Crippen LogP contribution >= 0.6 is 7.75 Å². The third-order valence-electron chi connectivity index (χ3n) is 6.41. The highest BCUT2D eigenvalue weighted by Crippen LogP contribution is 2.40. The number of carbonyl (C=O) groups excluding carboxylic acids is 1. The van der Waals surface area contributed by atoms with Crippen molar-refractivity contribution < 1.29 is 25.0 Å². The van der Waals surface area contributed by atoms with Gasteiger partial charge in [0.25, 0.3) is 0 Å². The summed E-state index contributed by atoms with van der Waals surface area (Å²) in [5, 5.41) is 2.11. The molecule has 40 heavy (non-hydrogen) atoms. The summed E-state index contributed by atoms with van der Waals surface area (Å²) in [6.07, 6.45) is 7.54. The van der Waals surface area contributed by atoms with Crippen LogP contribution in [0.4, 0.5) is 5.82 Å². The first kappa shape index (κ1) is 26.3. The first-order valence-electron chi connectivity index (χ1n) is 13.2. The average molecular weight is 565 g/mol. The number of nitrogen functional groups attached to an aromatic ring is 1. The monoisotopic (exact) mass is 564 g/mol. The first-order valence-corrected chi connectivity index (χ1v) is 14.2. The molecule has 1 aliphatic rings. The number of imidazole rings is 1. The standard InChI is InChI=1S/C27H30N7O5P/c28-25-24-26(30-17-29-25)34(18-31-24)22-12-11-21(13-22)16-39-40(36,37)33-27(35)23(14-19-7-3-1-4-8-19)32-38-15-20-9-5-2-6-10-20/h1-12,17-18,21-23,32H,13-16H2,(H2,28,29,30)(H2,33,35,36,37)/t21?,22?,23-/m0/s1/i15D/t15?,21?,22?,23-. The highest BCUT2D eigenvalue weighted by atomic mass is 31.2. The lowest BCUT2D eigenvalue weighted by atomic mass is 10.1. The molecule has 0 saturated heterocycles. The van der Waals surface area contributed by atoms with Gasteiger partial charge in [0, 0.05) is 5.92 Å². The van der Waals surface area contributed by atoms with Crippen LogP contribution in [0.25, 0.3) is 11.2 Å². The lowest BCUT2D eigenvalue weighted by Crippen LogP contribution is -2.44. The number of nitrogens with two attached hydrogens (primary N) is 1. The molecular weight excluding hydrogens is 533 g/mol. The Morgan fingerprint density at radius 3 is 2.60 bits per heavy atom. The summed E-state index contributed by atoms with van der Waals surface area (Å²) < 4.78 is 28.2. The largest absolute Gasteiger partial charge is 0.432 e. The molecule has 13 heteroatoms. The van der Waals surface area contributed by atoms with Crippen LogP contribution in [0.3, 0.4) is 0 Å². The van der Waals surface area contributed by atoms with E-state index in [2.05, 4.69) is 25.5 Å². The van der Waals surface area contributed by atoms with Crippen molar-refractivity contribution in [2.24, 2.45) is 5.92 Å². The Balaban J connectivity index is 1.18. The van der Waals surface area contributed by atoms with Crippen LogP contribution < -0.4 is 16.3 Å². The molecule has 1 aliphatic carbocycles. The Bertz CT molecular complexity index is 1560. The van der Waals surface area contributed by atoms with Crippen molar-refractivity contribution in [3.05, 3.63) is 96.6 Å². The summed E-state index contributed by atoms with van der Waals surface area (Å²) in [4.78, 5) is 41.5. The Labute approximate surface area is 232 Å². The molecule has 0 bridgehead atoms. The Morgan fingerprint density at radius 1 is 1.12 bits per heavy atom. The molecule has 4 aromatic rings. The summed E-state index contributed by atoms with van der Waals surface area (Å²) in [5.74, 6) is -0.705. The third kappa shape index (κ3) is 6.98. The fourth-order valence-electron chi connectivity index (χ4n) is 4.40. The normalized spacial score (nSPS) is 20.1. The van der Waals surface area contributed by atoms with E-state index in [9.17, 15) is 14.3 Å². The van der Waals surface area contributed by atoms with Crippen LogP contribution in [0.2, 0.25) is 0 Å². The van der Waals surface area contributed by atoms with Gasteiger partial charge in [-0.2, -0.15) is 5.48 Å². The molecule has 0 fully saturated rings. The molecule has 4 unspecified atom stereocenters. The summed E-state index contributed by atoms with van der Waals surface area (Å²) in [5.41, 5.74) is 10.9. The molecule has 2 aromatic carbocycles. The number of hydrogen-bond acceptors (Lipinski definition) is 9. The Hall–Kier alpha value is -3.93. The molecule has 0 spiro atoms. The number of rotatable bonds is 12. The van der Waals surface area contributed by atoms with Crippen molar-refractivity contribution in [3.63, 3.8) is 0 Å². The van der Waals surface area contributed by atoms with Gasteiger partial charge in [-0.1, -0.05) is 72.8 Å². The molecule has 0 saturated carbocycles. The van der Waals surface area contributed by atoms with Crippen LogP contribution in [0.5, 0.6) is 0 Å². The van der Waals surface area contributed by atoms with Crippen molar-refractivity contribution in [2.75, 3.05) is 12.3 Å². The number of aromatic nitrogens is 4. The maximum absolute atomic E-state index is 13.1. The van der Waals surface area contributed by atoms with Gasteiger partial charge in [-0.3, -0.25) is 19.2 Å². The number of nitrogens with one attached hydrogen (secondary N) is 2. The number of anilines is 1. The van der Waals surface area contributed by atoms with Crippen molar-refractivity contribution in [2.45, 2.75) is 31.5 Å². The minimum atomic E-state index is -4.52. The summed E-state index contributed by atoms with van der Waals surface area (Å²) in [6.45, 7) is -1.21. The van der Waals surface area contributed by atoms with E-state index in [1.54, 1.807) is 30.6 Å². The molecule has 0 radical (unpaired) electrons. The maximum Gasteiger partial charge on any atom is 0.432 e. The molecule has 208 valence electrons. The highest BCUT2D eigenvalue weighted by Gasteiger charge is 2.31. The molecule has 5 atom stereocenters. The number of benzene rings is 2. The zero-order valence-corrected chi connectivity index (χ0v) is 22.3. The average Bonchev–Trinajstić information content (AvgIpc) is 3.63. The first-order chi connectivity index (χ1) is 19.8. The number of nitrogens with zero attached hydrogens (tertiary/aromatic N) is 4. The predicted octanol–water partition coefficient (Wildman–Crippen LogP) is 3.09. The van der Waals surface area contributed by atoms with Gasteiger partial charge in [0.05, 0.1) is 26.9 Å². The van der Waals surface area contributed by atoms with Crippen molar-refractivity contribution in [3.8, 4) is 0 Å². The molecule has 2 heterocycles. The second-order valence-electron chi connectivity index (χ2n) is 9.33. The van der Waals surface area contributed by atoms with Crippen molar-refractivity contribution in [1.29, 1.82) is 0 Å². The van der Waals surface area contributed by atoms with Crippen LogP contribution in [0, 0.1) is 5.92 Å². The van der Waals surface area contributed by atoms with E-state index >= 15 is 0 Å². The molecule has 1 amide bonds. The molecule has 12 nitrogen and oxygen atoms in total. The van der Waals surface area contributed by atoms with Crippen LogP contribution in [-0.2, 0) is 31.7 Å². The quantitative estimate of drug-likeness (QED) is 0.114. The fourth-order valence-corrected chi connectivity index (χ4v) is 5.29. The van der Waals surface area contributed by atoms with Gasteiger partial charge in [0.15, 0.2) is 11.5 Å². The second-order valence-corrected chi connectivity index (χ2v) is 10.9. The SMILES string of the molecule is [2H]C(ON[C@@H](Cc1ccccc1)C(=O)NP(=O)(O)OCC1C=CC(n2cnc3c(N)ncnc32)C1)c1ccccc1. The third-order valence-corrected chi connectivity index (χ3v) is 7.42. The lowest BCUT2D eigenvalue weighted by molar-refractivity contribution is -0.126. The molecule has 5 rings (SSSR count). The van der Waals surface area contributed by atoms with Crippen molar-refractivity contribution in [1.82, 2.24) is 30.1 Å². The molecule has 0 aliphatic heterocycles. The number of fused-ring (bicyclic) bond motifs is 1. The number of amides is 1. The fraction of sp³-hybridized carbons (Fsp3) is 0.259.